The van der Waals surface area contributed by atoms with Gasteiger partial charge in [-0.1, -0.05) is 6.07 Å². The minimum absolute atomic E-state index is 0.0267. The van der Waals surface area contributed by atoms with Crippen molar-refractivity contribution in [1.82, 2.24) is 20.1 Å². The van der Waals surface area contributed by atoms with E-state index in [1.54, 1.807) is 6.20 Å². The van der Waals surface area contributed by atoms with Crippen molar-refractivity contribution in [3.63, 3.8) is 0 Å². The van der Waals surface area contributed by atoms with Crippen molar-refractivity contribution in [3.8, 4) is 0 Å². The molecule has 2 aliphatic heterocycles. The van der Waals surface area contributed by atoms with Gasteiger partial charge in [0.1, 0.15) is 11.6 Å². The quantitative estimate of drug-likeness (QED) is 0.651. The second kappa shape index (κ2) is 11.4. The van der Waals surface area contributed by atoms with Gasteiger partial charge in [0.25, 0.3) is 0 Å². The molecule has 32 heavy (non-hydrogen) atoms. The minimum Gasteiger partial charge on any atom is -0.444 e. The Morgan fingerprint density at radius 1 is 1.12 bits per heavy atom. The molecule has 0 saturated carbocycles. The average molecular weight is 463 g/mol. The zero-order valence-corrected chi connectivity index (χ0v) is 20.7. The first-order chi connectivity index (χ1) is 15.2. The number of carbonyl (C=O) groups is 2. The van der Waals surface area contributed by atoms with Crippen molar-refractivity contribution < 1.29 is 14.3 Å². The lowest BCUT2D eigenvalue weighted by Gasteiger charge is -2.40. The van der Waals surface area contributed by atoms with Crippen molar-refractivity contribution in [1.29, 1.82) is 0 Å². The molecule has 7 nitrogen and oxygen atoms in total. The molecular formula is C24H38N4O3S. The van der Waals surface area contributed by atoms with E-state index in [9.17, 15) is 9.59 Å². The van der Waals surface area contributed by atoms with Crippen molar-refractivity contribution >= 4 is 23.8 Å². The molecule has 1 atom stereocenters. The smallest absolute Gasteiger partial charge is 0.408 e. The summed E-state index contributed by atoms with van der Waals surface area (Å²) in [5.74, 6) is 1.87. The van der Waals surface area contributed by atoms with Crippen molar-refractivity contribution in [2.24, 2.45) is 11.8 Å². The fourth-order valence-corrected chi connectivity index (χ4v) is 5.41. The fourth-order valence-electron chi connectivity index (χ4n) is 4.54. The Kier molecular flexibility index (Phi) is 8.82. The number of aromatic nitrogens is 1. The summed E-state index contributed by atoms with van der Waals surface area (Å²) in [6, 6.07) is 5.05. The molecule has 0 radical (unpaired) electrons. The highest BCUT2D eigenvalue weighted by Crippen LogP contribution is 2.32. The molecule has 2 fully saturated rings. The van der Waals surface area contributed by atoms with E-state index in [0.29, 0.717) is 11.7 Å². The molecule has 0 bridgehead atoms. The molecule has 1 aromatic rings. The number of rotatable bonds is 6. The van der Waals surface area contributed by atoms with Gasteiger partial charge in [0, 0.05) is 25.0 Å². The van der Waals surface area contributed by atoms with E-state index < -0.39 is 17.7 Å². The Bertz CT molecular complexity index is 739. The molecule has 3 rings (SSSR count). The number of ether oxygens (including phenoxy) is 1. The van der Waals surface area contributed by atoms with Crippen LogP contribution in [0.1, 0.15) is 46.5 Å². The van der Waals surface area contributed by atoms with Gasteiger partial charge in [-0.15, -0.1) is 11.8 Å². The zero-order valence-electron chi connectivity index (χ0n) is 19.9. The number of pyridine rings is 1. The standard InChI is InChI=1S/C24H38N4O3S/c1-24(2,3)31-23(30)26-20(17-32-21-7-5-6-12-25-21)22(29)28-15-10-19(11-16-28)18-8-13-27(4)14-9-18/h5-7,12,18-20H,8-11,13-17H2,1-4H3,(H,26,30)/t20-/m1/s1. The summed E-state index contributed by atoms with van der Waals surface area (Å²) < 4.78 is 5.41. The van der Waals surface area contributed by atoms with Gasteiger partial charge in [0.15, 0.2) is 0 Å². The van der Waals surface area contributed by atoms with Crippen molar-refractivity contribution in [3.05, 3.63) is 24.4 Å². The highest BCUT2D eigenvalue weighted by atomic mass is 32.2. The molecule has 2 aliphatic rings. The summed E-state index contributed by atoms with van der Waals surface area (Å²) in [5.41, 5.74) is -0.613. The first-order valence-electron chi connectivity index (χ1n) is 11.7. The molecule has 0 spiro atoms. The Hall–Kier alpha value is -1.80. The van der Waals surface area contributed by atoms with Gasteiger partial charge in [0.05, 0.1) is 5.03 Å². The van der Waals surface area contributed by atoms with E-state index in [2.05, 4.69) is 22.2 Å². The van der Waals surface area contributed by atoms with Gasteiger partial charge in [-0.25, -0.2) is 9.78 Å². The molecule has 1 aromatic heterocycles. The molecule has 3 heterocycles. The summed E-state index contributed by atoms with van der Waals surface area (Å²) in [6.45, 7) is 9.33. The average Bonchev–Trinajstić information content (AvgIpc) is 2.76. The highest BCUT2D eigenvalue weighted by Gasteiger charge is 2.33. The van der Waals surface area contributed by atoms with Crippen LogP contribution in [0.25, 0.3) is 0 Å². The summed E-state index contributed by atoms with van der Waals surface area (Å²) >= 11 is 1.47. The Morgan fingerprint density at radius 2 is 1.75 bits per heavy atom. The van der Waals surface area contributed by atoms with Crippen LogP contribution in [0.2, 0.25) is 0 Å². The van der Waals surface area contributed by atoms with Gasteiger partial charge in [0.2, 0.25) is 5.91 Å². The maximum atomic E-state index is 13.4. The fraction of sp³-hybridized carbons (Fsp3) is 0.708. The van der Waals surface area contributed by atoms with Crippen LogP contribution >= 0.6 is 11.8 Å². The van der Waals surface area contributed by atoms with E-state index >= 15 is 0 Å². The largest absolute Gasteiger partial charge is 0.444 e. The first kappa shape index (κ1) is 24.8. The van der Waals surface area contributed by atoms with Crippen LogP contribution < -0.4 is 5.32 Å². The number of nitrogens with zero attached hydrogens (tertiary/aromatic N) is 3. The van der Waals surface area contributed by atoms with Crippen LogP contribution in [-0.4, -0.2) is 77.4 Å². The molecule has 0 aliphatic carbocycles. The predicted molar refractivity (Wildman–Crippen MR) is 128 cm³/mol. The molecule has 0 unspecified atom stereocenters. The van der Waals surface area contributed by atoms with Crippen LogP contribution in [0.15, 0.2) is 29.4 Å². The highest BCUT2D eigenvalue weighted by molar-refractivity contribution is 7.99. The van der Waals surface area contributed by atoms with E-state index in [0.717, 1.165) is 36.9 Å². The monoisotopic (exact) mass is 462 g/mol. The van der Waals surface area contributed by atoms with Gasteiger partial charge >= 0.3 is 6.09 Å². The molecule has 1 N–H and O–H groups in total. The van der Waals surface area contributed by atoms with E-state index in [4.69, 9.17) is 4.74 Å². The summed E-state index contributed by atoms with van der Waals surface area (Å²) in [5, 5.41) is 3.64. The number of carbonyl (C=O) groups excluding carboxylic acids is 2. The Labute approximate surface area is 196 Å². The lowest BCUT2D eigenvalue weighted by molar-refractivity contribution is -0.134. The lowest BCUT2D eigenvalue weighted by Crippen LogP contribution is -2.53. The van der Waals surface area contributed by atoms with Crippen LogP contribution in [0.5, 0.6) is 0 Å². The number of alkyl carbamates (subject to hydrolysis) is 1. The molecule has 8 heteroatoms. The number of nitrogens with one attached hydrogen (secondary N) is 1. The molecule has 2 saturated heterocycles. The maximum absolute atomic E-state index is 13.4. The van der Waals surface area contributed by atoms with Crippen LogP contribution in [0, 0.1) is 11.8 Å². The third-order valence-electron chi connectivity index (χ3n) is 6.31. The summed E-state index contributed by atoms with van der Waals surface area (Å²) in [4.78, 5) is 34.4. The zero-order chi connectivity index (χ0) is 23.1. The van der Waals surface area contributed by atoms with E-state index in [1.807, 2.05) is 43.9 Å². The number of amides is 2. The number of piperidine rings is 2. The lowest BCUT2D eigenvalue weighted by atomic mass is 9.79. The summed E-state index contributed by atoms with van der Waals surface area (Å²) in [6.07, 6.45) is 5.80. The number of thioether (sulfide) groups is 1. The van der Waals surface area contributed by atoms with Crippen molar-refractivity contribution in [2.75, 3.05) is 39.0 Å². The maximum Gasteiger partial charge on any atom is 0.408 e. The van der Waals surface area contributed by atoms with Gasteiger partial charge in [-0.3, -0.25) is 4.79 Å². The molecule has 178 valence electrons. The predicted octanol–water partition coefficient (Wildman–Crippen LogP) is 3.65. The molecule has 2 amide bonds. The Morgan fingerprint density at radius 3 is 2.31 bits per heavy atom. The van der Waals surface area contributed by atoms with Crippen LogP contribution in [0.4, 0.5) is 4.79 Å². The number of likely N-dealkylation sites (tertiary alicyclic amines) is 2. The Balaban J connectivity index is 1.57. The SMILES string of the molecule is CN1CCC(C2CCN(C(=O)[C@@H](CSc3ccccn3)NC(=O)OC(C)(C)C)CC2)CC1. The van der Waals surface area contributed by atoms with E-state index in [-0.39, 0.29) is 5.91 Å². The van der Waals surface area contributed by atoms with Crippen LogP contribution in [-0.2, 0) is 9.53 Å². The van der Waals surface area contributed by atoms with Gasteiger partial charge < -0.3 is 19.9 Å². The normalized spacial score (nSPS) is 20.1. The first-order valence-corrected chi connectivity index (χ1v) is 12.7. The van der Waals surface area contributed by atoms with Crippen molar-refractivity contribution in [2.45, 2.75) is 63.1 Å². The number of hydrogen-bond donors (Lipinski definition) is 1. The van der Waals surface area contributed by atoms with Gasteiger partial charge in [-0.2, -0.15) is 0 Å². The minimum atomic E-state index is -0.642. The number of hydrogen-bond acceptors (Lipinski definition) is 6. The molecular weight excluding hydrogens is 424 g/mol. The van der Waals surface area contributed by atoms with Crippen LogP contribution in [0.3, 0.4) is 0 Å². The summed E-state index contributed by atoms with van der Waals surface area (Å²) in [7, 11) is 2.19. The topological polar surface area (TPSA) is 74.8 Å². The third kappa shape index (κ3) is 7.66. The van der Waals surface area contributed by atoms with E-state index in [1.165, 1.54) is 37.7 Å². The van der Waals surface area contributed by atoms with Gasteiger partial charge in [-0.05, 0) is 90.6 Å². The molecule has 0 aromatic carbocycles. The second-order valence-electron chi connectivity index (χ2n) is 9.98. The second-order valence-corrected chi connectivity index (χ2v) is 11.0. The third-order valence-corrected chi connectivity index (χ3v) is 7.34.